The fourth-order valence-electron chi connectivity index (χ4n) is 3.17. The Morgan fingerprint density at radius 1 is 0.971 bits per heavy atom. The first kappa shape index (κ1) is 29.5. The first-order valence-electron chi connectivity index (χ1n) is 10.5. The van der Waals surface area contributed by atoms with Crippen molar-refractivity contribution in [3.63, 3.8) is 0 Å². The minimum absolute atomic E-state index is 0.0560. The number of halogens is 4. The molecule has 2 aromatic carbocycles. The summed E-state index contributed by atoms with van der Waals surface area (Å²) in [7, 11) is -3.93. The lowest BCUT2D eigenvalue weighted by molar-refractivity contribution is -0.140. The third kappa shape index (κ3) is 8.43. The quantitative estimate of drug-likeness (QED) is 0.451. The normalized spacial score (nSPS) is 12.7. The van der Waals surface area contributed by atoms with E-state index in [4.69, 9.17) is 46.4 Å². The van der Waals surface area contributed by atoms with Gasteiger partial charge in [0.2, 0.25) is 21.8 Å². The topological polar surface area (TPSA) is 86.8 Å². The molecule has 35 heavy (non-hydrogen) atoms. The largest absolute Gasteiger partial charge is 0.350 e. The van der Waals surface area contributed by atoms with Crippen LogP contribution in [-0.2, 0) is 26.2 Å². The number of hydrogen-bond acceptors (Lipinski definition) is 4. The van der Waals surface area contributed by atoms with Crippen molar-refractivity contribution in [2.24, 2.45) is 0 Å². The van der Waals surface area contributed by atoms with Gasteiger partial charge in [0.1, 0.15) is 12.6 Å². The second-order valence-electron chi connectivity index (χ2n) is 9.04. The smallest absolute Gasteiger partial charge is 0.244 e. The van der Waals surface area contributed by atoms with E-state index in [-0.39, 0.29) is 17.3 Å². The predicted molar refractivity (Wildman–Crippen MR) is 143 cm³/mol. The van der Waals surface area contributed by atoms with Gasteiger partial charge in [0.05, 0.1) is 17.0 Å². The van der Waals surface area contributed by atoms with Crippen molar-refractivity contribution in [2.75, 3.05) is 17.1 Å². The monoisotopic (exact) mass is 581 g/mol. The van der Waals surface area contributed by atoms with Crippen molar-refractivity contribution in [1.82, 2.24) is 10.2 Å². The number of benzene rings is 2. The van der Waals surface area contributed by atoms with Crippen molar-refractivity contribution >= 4 is 73.9 Å². The zero-order chi connectivity index (χ0) is 26.7. The molecule has 2 amide bonds. The van der Waals surface area contributed by atoms with Gasteiger partial charge in [-0.15, -0.1) is 0 Å². The Morgan fingerprint density at radius 2 is 1.51 bits per heavy atom. The number of nitrogens with zero attached hydrogens (tertiary/aromatic N) is 2. The highest BCUT2D eigenvalue weighted by Gasteiger charge is 2.32. The van der Waals surface area contributed by atoms with Gasteiger partial charge in [-0.1, -0.05) is 52.5 Å². The highest BCUT2D eigenvalue weighted by atomic mass is 35.5. The lowest BCUT2D eigenvalue weighted by atomic mass is 10.1. The van der Waals surface area contributed by atoms with Crippen LogP contribution in [0.3, 0.4) is 0 Å². The van der Waals surface area contributed by atoms with Gasteiger partial charge in [0, 0.05) is 27.2 Å². The van der Waals surface area contributed by atoms with Crippen LogP contribution in [0.1, 0.15) is 33.3 Å². The fraction of sp³-hybridized carbons (Fsp3) is 0.391. The van der Waals surface area contributed by atoms with Crippen LogP contribution in [0, 0.1) is 0 Å². The Bertz CT molecular complexity index is 1220. The molecule has 0 saturated carbocycles. The minimum atomic E-state index is -3.93. The molecule has 0 unspecified atom stereocenters. The summed E-state index contributed by atoms with van der Waals surface area (Å²) in [5.41, 5.74) is 0.0755. The van der Waals surface area contributed by atoms with Gasteiger partial charge in [0.25, 0.3) is 0 Å². The van der Waals surface area contributed by atoms with E-state index in [0.29, 0.717) is 20.6 Å². The Hall–Kier alpha value is -1.71. The molecule has 0 saturated heterocycles. The van der Waals surface area contributed by atoms with Crippen LogP contribution < -0.4 is 9.62 Å². The van der Waals surface area contributed by atoms with Gasteiger partial charge < -0.3 is 10.2 Å². The summed E-state index contributed by atoms with van der Waals surface area (Å²) in [6.45, 7) is 6.34. The van der Waals surface area contributed by atoms with Crippen LogP contribution >= 0.6 is 46.4 Å². The molecular formula is C23H27Cl4N3O4S. The number of rotatable bonds is 8. The molecule has 2 aromatic rings. The van der Waals surface area contributed by atoms with Crippen LogP contribution in [-0.4, -0.2) is 49.5 Å². The first-order chi connectivity index (χ1) is 16.0. The Morgan fingerprint density at radius 3 is 2.00 bits per heavy atom. The molecule has 0 spiro atoms. The lowest BCUT2D eigenvalue weighted by Crippen LogP contribution is -2.54. The Kier molecular flexibility index (Phi) is 9.75. The van der Waals surface area contributed by atoms with Crippen LogP contribution in [0.5, 0.6) is 0 Å². The summed E-state index contributed by atoms with van der Waals surface area (Å²) in [6, 6.07) is 8.09. The Labute approximate surface area is 226 Å². The van der Waals surface area contributed by atoms with Gasteiger partial charge >= 0.3 is 0 Å². The standard InChI is InChI=1S/C23H27Cl4N3O4S/c1-14(22(32)28-23(2,3)4)29(12-15-6-7-16(24)10-18(15)26)21(31)13-30(35(5,33)34)20-9-8-17(25)11-19(20)27/h6-11,14H,12-13H2,1-5H3,(H,28,32)/t14-/m1/s1. The molecule has 12 heteroatoms. The number of anilines is 1. The maximum absolute atomic E-state index is 13.5. The fourth-order valence-corrected chi connectivity index (χ4v) is 5.06. The molecule has 0 bridgehead atoms. The predicted octanol–water partition coefficient (Wildman–Crippen LogP) is 5.40. The van der Waals surface area contributed by atoms with Crippen molar-refractivity contribution < 1.29 is 18.0 Å². The van der Waals surface area contributed by atoms with E-state index in [2.05, 4.69) is 5.32 Å². The molecule has 0 radical (unpaired) electrons. The van der Waals surface area contributed by atoms with E-state index in [0.717, 1.165) is 10.6 Å². The average Bonchev–Trinajstić information content (AvgIpc) is 2.69. The summed E-state index contributed by atoms with van der Waals surface area (Å²) in [4.78, 5) is 27.8. The minimum Gasteiger partial charge on any atom is -0.350 e. The number of nitrogens with one attached hydrogen (secondary N) is 1. The molecule has 1 atom stereocenters. The van der Waals surface area contributed by atoms with Crippen molar-refractivity contribution in [3.8, 4) is 0 Å². The molecule has 0 aromatic heterocycles. The van der Waals surface area contributed by atoms with Crippen molar-refractivity contribution in [2.45, 2.75) is 45.8 Å². The maximum Gasteiger partial charge on any atom is 0.244 e. The molecule has 0 aliphatic rings. The highest BCUT2D eigenvalue weighted by Crippen LogP contribution is 2.31. The summed E-state index contributed by atoms with van der Waals surface area (Å²) in [5.74, 6) is -1.05. The van der Waals surface area contributed by atoms with Crippen LogP contribution in [0.25, 0.3) is 0 Å². The van der Waals surface area contributed by atoms with Crippen molar-refractivity contribution in [1.29, 1.82) is 0 Å². The first-order valence-corrected chi connectivity index (χ1v) is 13.8. The van der Waals surface area contributed by atoms with E-state index >= 15 is 0 Å². The van der Waals surface area contributed by atoms with E-state index in [1.165, 1.54) is 29.2 Å². The molecule has 0 aliphatic heterocycles. The molecule has 0 fully saturated rings. The summed E-state index contributed by atoms with van der Waals surface area (Å²) >= 11 is 24.5. The number of sulfonamides is 1. The number of amides is 2. The van der Waals surface area contributed by atoms with E-state index in [1.807, 2.05) is 20.8 Å². The van der Waals surface area contributed by atoms with E-state index in [1.54, 1.807) is 19.1 Å². The third-order valence-corrected chi connectivity index (χ3v) is 7.13. The van der Waals surface area contributed by atoms with E-state index < -0.39 is 40.0 Å². The zero-order valence-corrected chi connectivity index (χ0v) is 23.7. The molecule has 7 nitrogen and oxygen atoms in total. The average molecular weight is 583 g/mol. The molecule has 2 rings (SSSR count). The number of carbonyl (C=O) groups excluding carboxylic acids is 2. The number of carbonyl (C=O) groups is 2. The zero-order valence-electron chi connectivity index (χ0n) is 19.9. The number of hydrogen-bond donors (Lipinski definition) is 1. The Balaban J connectivity index is 2.47. The van der Waals surface area contributed by atoms with Gasteiger partial charge in [-0.25, -0.2) is 8.42 Å². The highest BCUT2D eigenvalue weighted by molar-refractivity contribution is 7.92. The van der Waals surface area contributed by atoms with Crippen LogP contribution in [0.2, 0.25) is 20.1 Å². The summed E-state index contributed by atoms with van der Waals surface area (Å²) < 4.78 is 26.1. The van der Waals surface area contributed by atoms with Crippen LogP contribution in [0.4, 0.5) is 5.69 Å². The second-order valence-corrected chi connectivity index (χ2v) is 12.6. The van der Waals surface area contributed by atoms with Crippen molar-refractivity contribution in [3.05, 3.63) is 62.1 Å². The SMILES string of the molecule is C[C@H](C(=O)NC(C)(C)C)N(Cc1ccc(Cl)cc1Cl)C(=O)CN(c1ccc(Cl)cc1Cl)S(C)(=O)=O. The van der Waals surface area contributed by atoms with Crippen LogP contribution in [0.15, 0.2) is 36.4 Å². The van der Waals surface area contributed by atoms with Gasteiger partial charge in [-0.2, -0.15) is 0 Å². The summed E-state index contributed by atoms with van der Waals surface area (Å²) in [5, 5.41) is 3.92. The molecule has 0 heterocycles. The lowest BCUT2D eigenvalue weighted by Gasteiger charge is -2.33. The second kappa shape index (κ2) is 11.6. The van der Waals surface area contributed by atoms with E-state index in [9.17, 15) is 18.0 Å². The summed E-state index contributed by atoms with van der Waals surface area (Å²) in [6.07, 6.45) is 0.960. The molecular weight excluding hydrogens is 556 g/mol. The maximum atomic E-state index is 13.5. The molecule has 1 N–H and O–H groups in total. The van der Waals surface area contributed by atoms with Gasteiger partial charge in [-0.3, -0.25) is 13.9 Å². The third-order valence-electron chi connectivity index (χ3n) is 4.88. The molecule has 192 valence electrons. The van der Waals surface area contributed by atoms with Gasteiger partial charge in [-0.05, 0) is 63.6 Å². The van der Waals surface area contributed by atoms with Gasteiger partial charge in [0.15, 0.2) is 0 Å². The molecule has 0 aliphatic carbocycles.